The van der Waals surface area contributed by atoms with Gasteiger partial charge in [0.1, 0.15) is 0 Å². The van der Waals surface area contributed by atoms with Gasteiger partial charge in [0.2, 0.25) is 0 Å². The number of amides is 3. The number of rotatable bonds is 4. The van der Waals surface area contributed by atoms with E-state index in [4.69, 9.17) is 0 Å². The molecule has 1 aliphatic heterocycles. The highest BCUT2D eigenvalue weighted by molar-refractivity contribution is 5.95. The summed E-state index contributed by atoms with van der Waals surface area (Å²) in [6.45, 7) is 2.45. The van der Waals surface area contributed by atoms with Crippen LogP contribution in [-0.2, 0) is 0 Å². The Bertz CT molecular complexity index is 517. The van der Waals surface area contributed by atoms with E-state index in [1.807, 2.05) is 4.90 Å². The summed E-state index contributed by atoms with van der Waals surface area (Å²) in [5.41, 5.74) is 1.39. The van der Waals surface area contributed by atoms with E-state index in [9.17, 15) is 9.59 Å². The molecule has 1 aromatic rings. The number of nitrogens with one attached hydrogen (secondary N) is 2. The highest BCUT2D eigenvalue weighted by Crippen LogP contribution is 2.27. The smallest absolute Gasteiger partial charge is 0.319 e. The highest BCUT2D eigenvalue weighted by Gasteiger charge is 2.22. The van der Waals surface area contributed by atoms with Crippen LogP contribution in [-0.4, -0.2) is 36.5 Å². The van der Waals surface area contributed by atoms with Gasteiger partial charge in [-0.1, -0.05) is 0 Å². The predicted octanol–water partition coefficient (Wildman–Crippen LogP) is 2.45. The van der Waals surface area contributed by atoms with Gasteiger partial charge in [-0.15, -0.1) is 0 Å². The van der Waals surface area contributed by atoms with Gasteiger partial charge in [0.05, 0.1) is 0 Å². The number of carbonyl (C=O) groups is 2. The van der Waals surface area contributed by atoms with Gasteiger partial charge in [-0.25, -0.2) is 4.79 Å². The largest absolute Gasteiger partial charge is 0.339 e. The van der Waals surface area contributed by atoms with Crippen LogP contribution in [0.5, 0.6) is 0 Å². The zero-order valence-corrected chi connectivity index (χ0v) is 12.1. The van der Waals surface area contributed by atoms with Crippen LogP contribution in [0.1, 0.15) is 36.0 Å². The minimum atomic E-state index is -0.180. The van der Waals surface area contributed by atoms with E-state index in [2.05, 4.69) is 10.6 Å². The lowest BCUT2D eigenvalue weighted by molar-refractivity contribution is 0.0793. The van der Waals surface area contributed by atoms with E-state index in [0.29, 0.717) is 17.2 Å². The molecule has 112 valence electrons. The molecule has 3 rings (SSSR count). The van der Waals surface area contributed by atoms with Crippen LogP contribution < -0.4 is 10.6 Å². The zero-order chi connectivity index (χ0) is 14.7. The molecule has 21 heavy (non-hydrogen) atoms. The van der Waals surface area contributed by atoms with Crippen LogP contribution >= 0.6 is 0 Å². The molecule has 0 radical (unpaired) electrons. The monoisotopic (exact) mass is 287 g/mol. The molecule has 1 saturated carbocycles. The van der Waals surface area contributed by atoms with Crippen LogP contribution in [0.4, 0.5) is 10.5 Å². The van der Waals surface area contributed by atoms with Crippen LogP contribution in [0, 0.1) is 5.92 Å². The normalized spacial score (nSPS) is 17.6. The fourth-order valence-corrected chi connectivity index (χ4v) is 2.53. The fourth-order valence-electron chi connectivity index (χ4n) is 2.53. The van der Waals surface area contributed by atoms with Crippen LogP contribution in [0.15, 0.2) is 24.3 Å². The number of likely N-dealkylation sites (tertiary alicyclic amines) is 1. The first-order valence-electron chi connectivity index (χ1n) is 7.66. The second-order valence-electron chi connectivity index (χ2n) is 5.86. The Hall–Kier alpha value is -2.04. The molecule has 2 aliphatic rings. The van der Waals surface area contributed by atoms with Crippen molar-refractivity contribution in [2.75, 3.05) is 25.0 Å². The second kappa shape index (κ2) is 6.16. The van der Waals surface area contributed by atoms with Crippen LogP contribution in [0.25, 0.3) is 0 Å². The summed E-state index contributed by atoms with van der Waals surface area (Å²) >= 11 is 0. The summed E-state index contributed by atoms with van der Waals surface area (Å²) in [7, 11) is 0. The molecular formula is C16H21N3O2. The Kier molecular flexibility index (Phi) is 4.08. The van der Waals surface area contributed by atoms with Crippen LogP contribution in [0.3, 0.4) is 0 Å². The Morgan fingerprint density at radius 1 is 1.10 bits per heavy atom. The SMILES string of the molecule is O=C(NCC1CC1)Nc1ccc(C(=O)N2CCCC2)cc1. The van der Waals surface area contributed by atoms with Gasteiger partial charge >= 0.3 is 6.03 Å². The molecule has 5 nitrogen and oxygen atoms in total. The number of nitrogens with zero attached hydrogens (tertiary/aromatic N) is 1. The molecule has 0 bridgehead atoms. The van der Waals surface area contributed by atoms with Crippen molar-refractivity contribution < 1.29 is 9.59 Å². The van der Waals surface area contributed by atoms with E-state index >= 15 is 0 Å². The molecule has 3 amide bonds. The molecule has 0 atom stereocenters. The van der Waals surface area contributed by atoms with Crippen molar-refractivity contribution in [1.29, 1.82) is 0 Å². The molecule has 2 N–H and O–H groups in total. The summed E-state index contributed by atoms with van der Waals surface area (Å²) in [5.74, 6) is 0.744. The van der Waals surface area contributed by atoms with Crippen molar-refractivity contribution in [2.24, 2.45) is 5.92 Å². The first-order chi connectivity index (χ1) is 10.2. The van der Waals surface area contributed by atoms with Crippen LogP contribution in [0.2, 0.25) is 0 Å². The molecule has 1 heterocycles. The summed E-state index contributed by atoms with van der Waals surface area (Å²) in [5, 5.41) is 5.64. The van der Waals surface area contributed by atoms with E-state index in [1.165, 1.54) is 12.8 Å². The standard InChI is InChI=1S/C16H21N3O2/c20-15(19-9-1-2-10-19)13-5-7-14(8-6-13)18-16(21)17-11-12-3-4-12/h5-8,12H,1-4,9-11H2,(H2,17,18,21). The molecule has 5 heteroatoms. The summed E-state index contributed by atoms with van der Waals surface area (Å²) < 4.78 is 0. The zero-order valence-electron chi connectivity index (χ0n) is 12.1. The Labute approximate surface area is 124 Å². The number of anilines is 1. The molecule has 1 aliphatic carbocycles. The second-order valence-corrected chi connectivity index (χ2v) is 5.86. The predicted molar refractivity (Wildman–Crippen MR) is 81.3 cm³/mol. The molecule has 0 spiro atoms. The Balaban J connectivity index is 1.52. The third-order valence-electron chi connectivity index (χ3n) is 4.03. The Morgan fingerprint density at radius 3 is 2.38 bits per heavy atom. The van der Waals surface area contributed by atoms with Gasteiger partial charge in [-0.05, 0) is 55.9 Å². The Morgan fingerprint density at radius 2 is 1.76 bits per heavy atom. The third-order valence-corrected chi connectivity index (χ3v) is 4.03. The molecule has 1 saturated heterocycles. The summed E-state index contributed by atoms with van der Waals surface area (Å²) in [6, 6.07) is 6.93. The average molecular weight is 287 g/mol. The lowest BCUT2D eigenvalue weighted by atomic mass is 10.2. The van der Waals surface area contributed by atoms with Crippen molar-refractivity contribution in [2.45, 2.75) is 25.7 Å². The maximum absolute atomic E-state index is 12.2. The average Bonchev–Trinajstić information content (AvgIpc) is 3.17. The van der Waals surface area contributed by atoms with Gasteiger partial charge in [0, 0.05) is 30.9 Å². The fraction of sp³-hybridized carbons (Fsp3) is 0.500. The van der Waals surface area contributed by atoms with Gasteiger partial charge in [-0.3, -0.25) is 4.79 Å². The lowest BCUT2D eigenvalue weighted by Gasteiger charge is -2.15. The molecular weight excluding hydrogens is 266 g/mol. The van der Waals surface area contributed by atoms with Gasteiger partial charge < -0.3 is 15.5 Å². The van der Waals surface area contributed by atoms with E-state index in [0.717, 1.165) is 32.5 Å². The van der Waals surface area contributed by atoms with Crippen molar-refractivity contribution in [1.82, 2.24) is 10.2 Å². The topological polar surface area (TPSA) is 61.4 Å². The van der Waals surface area contributed by atoms with Gasteiger partial charge in [0.25, 0.3) is 5.91 Å². The van der Waals surface area contributed by atoms with E-state index in [-0.39, 0.29) is 11.9 Å². The van der Waals surface area contributed by atoms with Crippen molar-refractivity contribution in [3.8, 4) is 0 Å². The number of benzene rings is 1. The first kappa shape index (κ1) is 13.9. The lowest BCUT2D eigenvalue weighted by Crippen LogP contribution is -2.30. The van der Waals surface area contributed by atoms with Crippen molar-refractivity contribution in [3.63, 3.8) is 0 Å². The van der Waals surface area contributed by atoms with E-state index in [1.54, 1.807) is 24.3 Å². The minimum absolute atomic E-state index is 0.0808. The number of hydrogen-bond acceptors (Lipinski definition) is 2. The first-order valence-corrected chi connectivity index (χ1v) is 7.66. The molecule has 0 aromatic heterocycles. The molecule has 2 fully saturated rings. The van der Waals surface area contributed by atoms with Gasteiger partial charge in [0.15, 0.2) is 0 Å². The molecule has 1 aromatic carbocycles. The maximum atomic E-state index is 12.2. The van der Waals surface area contributed by atoms with Gasteiger partial charge in [-0.2, -0.15) is 0 Å². The molecule has 0 unspecified atom stereocenters. The van der Waals surface area contributed by atoms with Crippen molar-refractivity contribution >= 4 is 17.6 Å². The maximum Gasteiger partial charge on any atom is 0.319 e. The number of hydrogen-bond donors (Lipinski definition) is 2. The van der Waals surface area contributed by atoms with E-state index < -0.39 is 0 Å². The highest BCUT2D eigenvalue weighted by atomic mass is 16.2. The quantitative estimate of drug-likeness (QED) is 0.893. The third kappa shape index (κ3) is 3.74. The summed E-state index contributed by atoms with van der Waals surface area (Å²) in [4.78, 5) is 25.7. The minimum Gasteiger partial charge on any atom is -0.339 e. The van der Waals surface area contributed by atoms with Crippen molar-refractivity contribution in [3.05, 3.63) is 29.8 Å². The number of carbonyl (C=O) groups excluding carboxylic acids is 2. The summed E-state index contributed by atoms with van der Waals surface area (Å²) in [6.07, 6.45) is 4.61. The number of urea groups is 1.